The van der Waals surface area contributed by atoms with Crippen LogP contribution in [0.3, 0.4) is 0 Å². The maximum Gasteiger partial charge on any atom is 0.247 e. The highest BCUT2D eigenvalue weighted by Crippen LogP contribution is 2.39. The second-order valence-electron chi connectivity index (χ2n) is 4.00. The first kappa shape index (κ1) is 12.3. The van der Waals surface area contributed by atoms with Crippen molar-refractivity contribution in [2.75, 3.05) is 12.3 Å². The first-order valence-corrected chi connectivity index (χ1v) is 9.10. The molecule has 2 unspecified atom stereocenters. The van der Waals surface area contributed by atoms with E-state index >= 15 is 0 Å². The summed E-state index contributed by atoms with van der Waals surface area (Å²) < 4.78 is 2.43. The fourth-order valence-electron chi connectivity index (χ4n) is 2.16. The minimum Gasteiger partial charge on any atom is -0.399 e. The molecular formula is C11H16N2PS2+. The molecular weight excluding hydrogens is 255 g/mol. The topological polar surface area (TPSA) is 29.3 Å². The molecule has 0 saturated carbocycles. The molecule has 2 nitrogen and oxygen atoms in total. The smallest absolute Gasteiger partial charge is 0.247 e. The molecule has 0 bridgehead atoms. The van der Waals surface area contributed by atoms with Gasteiger partial charge in [-0.05, 0) is 30.5 Å². The molecule has 0 aromatic heterocycles. The van der Waals surface area contributed by atoms with Gasteiger partial charge < -0.3 is 5.73 Å². The van der Waals surface area contributed by atoms with Crippen LogP contribution >= 0.6 is 18.1 Å². The Hall–Kier alpha value is -0.150. The largest absolute Gasteiger partial charge is 0.399 e. The Morgan fingerprint density at radius 1 is 1.44 bits per heavy atom. The van der Waals surface area contributed by atoms with Crippen LogP contribution in [0, 0.1) is 0 Å². The average molecular weight is 271 g/mol. The van der Waals surface area contributed by atoms with Crippen molar-refractivity contribution in [3.05, 3.63) is 29.8 Å². The van der Waals surface area contributed by atoms with Gasteiger partial charge in [-0.15, -0.1) is 0 Å². The quantitative estimate of drug-likeness (QED) is 0.517. The molecule has 2 N–H and O–H groups in total. The highest BCUT2D eigenvalue weighted by molar-refractivity contribution is 8.56. The van der Waals surface area contributed by atoms with Gasteiger partial charge in [-0.25, -0.2) is 4.31 Å². The number of benzene rings is 1. The van der Waals surface area contributed by atoms with Gasteiger partial charge in [0.25, 0.3) is 0 Å². The second-order valence-corrected chi connectivity index (χ2v) is 7.36. The number of hydrogen-bond acceptors (Lipinski definition) is 4. The van der Waals surface area contributed by atoms with Gasteiger partial charge in [0.05, 0.1) is 0 Å². The summed E-state index contributed by atoms with van der Waals surface area (Å²) >= 11 is 6.88. The number of rotatable bonds is 3. The highest BCUT2D eigenvalue weighted by atomic mass is 32.9. The Morgan fingerprint density at radius 2 is 2.31 bits per heavy atom. The number of piperidine rings is 1. The highest BCUT2D eigenvalue weighted by Gasteiger charge is 2.26. The van der Waals surface area contributed by atoms with E-state index in [-0.39, 0.29) is 0 Å². The maximum absolute atomic E-state index is 5.84. The van der Waals surface area contributed by atoms with Crippen LogP contribution in [0.15, 0.2) is 24.3 Å². The Kier molecular flexibility index (Phi) is 4.59. The van der Waals surface area contributed by atoms with Crippen molar-refractivity contribution in [3.63, 3.8) is 0 Å². The maximum atomic E-state index is 5.84. The van der Waals surface area contributed by atoms with Gasteiger partial charge in [-0.1, -0.05) is 18.6 Å². The number of anilines is 1. The van der Waals surface area contributed by atoms with Crippen LogP contribution in [0.5, 0.6) is 0 Å². The third-order valence-corrected chi connectivity index (χ3v) is 5.25. The fourth-order valence-corrected chi connectivity index (χ4v) is 4.64. The van der Waals surface area contributed by atoms with Crippen LogP contribution in [0.4, 0.5) is 5.69 Å². The lowest BCUT2D eigenvalue weighted by atomic mass is 9.97. The molecule has 1 fully saturated rings. The van der Waals surface area contributed by atoms with Crippen LogP contribution in [0.25, 0.3) is 0 Å². The molecule has 0 aliphatic carbocycles. The van der Waals surface area contributed by atoms with Crippen molar-refractivity contribution >= 4 is 35.6 Å². The SMILES string of the molecule is Nc1cccc(C2CCCCN2S[PH+]=S)c1. The van der Waals surface area contributed by atoms with Crippen molar-refractivity contribution in [3.8, 4) is 0 Å². The van der Waals surface area contributed by atoms with Crippen LogP contribution in [-0.4, -0.2) is 10.8 Å². The molecule has 0 spiro atoms. The Balaban J connectivity index is 2.19. The molecule has 1 aromatic rings. The zero-order valence-corrected chi connectivity index (χ0v) is 11.7. The minimum absolute atomic E-state index is 0.498. The zero-order chi connectivity index (χ0) is 11.4. The summed E-state index contributed by atoms with van der Waals surface area (Å²) in [5, 5.41) is 0. The number of hydrogen-bond donors (Lipinski definition) is 1. The lowest BCUT2D eigenvalue weighted by Gasteiger charge is -2.31. The van der Waals surface area contributed by atoms with E-state index in [0.29, 0.717) is 12.6 Å². The number of nitrogens with two attached hydrogens (primary N) is 1. The summed E-state index contributed by atoms with van der Waals surface area (Å²) in [7, 11) is 0. The Bertz CT molecular complexity index is 373. The molecule has 1 aliphatic rings. The van der Waals surface area contributed by atoms with Gasteiger partial charge in [0.1, 0.15) is 0 Å². The second kappa shape index (κ2) is 5.97. The van der Waals surface area contributed by atoms with Crippen LogP contribution in [0.1, 0.15) is 30.9 Å². The molecule has 2 rings (SSSR count). The molecule has 5 heteroatoms. The van der Waals surface area contributed by atoms with Crippen molar-refractivity contribution in [2.45, 2.75) is 25.3 Å². The third-order valence-electron chi connectivity index (χ3n) is 2.90. The fraction of sp³-hybridized carbons (Fsp3) is 0.455. The van der Waals surface area contributed by atoms with Gasteiger partial charge in [0.2, 0.25) is 6.56 Å². The lowest BCUT2D eigenvalue weighted by molar-refractivity contribution is 0.281. The monoisotopic (exact) mass is 271 g/mol. The first-order valence-electron chi connectivity index (χ1n) is 5.47. The van der Waals surface area contributed by atoms with Crippen LogP contribution in [-0.2, 0) is 11.8 Å². The van der Waals surface area contributed by atoms with E-state index in [2.05, 4.69) is 16.4 Å². The van der Waals surface area contributed by atoms with Crippen LogP contribution in [0.2, 0.25) is 0 Å². The molecule has 0 amide bonds. The summed E-state index contributed by atoms with van der Waals surface area (Å²) in [6.07, 6.45) is 3.80. The van der Waals surface area contributed by atoms with Gasteiger partial charge in [-0.3, -0.25) is 0 Å². The van der Waals surface area contributed by atoms with Crippen molar-refractivity contribution in [1.29, 1.82) is 0 Å². The van der Waals surface area contributed by atoms with Gasteiger partial charge in [0.15, 0.2) is 23.4 Å². The molecule has 1 saturated heterocycles. The summed E-state index contributed by atoms with van der Waals surface area (Å²) in [5.74, 6) is 0. The van der Waals surface area contributed by atoms with Crippen molar-refractivity contribution in [1.82, 2.24) is 4.31 Å². The average Bonchev–Trinajstić information content (AvgIpc) is 2.30. The van der Waals surface area contributed by atoms with E-state index in [1.54, 1.807) is 11.6 Å². The zero-order valence-electron chi connectivity index (χ0n) is 9.06. The van der Waals surface area contributed by atoms with E-state index < -0.39 is 0 Å². The molecule has 1 heterocycles. The number of nitrogens with zero attached hydrogens (tertiary/aromatic N) is 1. The first-order chi connectivity index (χ1) is 7.81. The molecule has 2 atom stereocenters. The van der Waals surface area contributed by atoms with Crippen molar-refractivity contribution < 1.29 is 0 Å². The molecule has 0 radical (unpaired) electrons. The van der Waals surface area contributed by atoms with E-state index in [4.69, 9.17) is 17.5 Å². The summed E-state index contributed by atoms with van der Waals surface area (Å²) in [6, 6.07) is 8.75. The van der Waals surface area contributed by atoms with E-state index in [0.717, 1.165) is 12.2 Å². The summed E-state index contributed by atoms with van der Waals surface area (Å²) in [6.45, 7) is 1.66. The van der Waals surface area contributed by atoms with E-state index in [9.17, 15) is 0 Å². The number of nitrogen functional groups attached to an aromatic ring is 1. The van der Waals surface area contributed by atoms with E-state index in [1.807, 2.05) is 12.1 Å². The normalized spacial score (nSPS) is 22.4. The Labute approximate surface area is 107 Å². The van der Waals surface area contributed by atoms with Crippen molar-refractivity contribution in [2.24, 2.45) is 0 Å². The Morgan fingerprint density at radius 3 is 3.06 bits per heavy atom. The predicted octanol–water partition coefficient (Wildman–Crippen LogP) is 3.50. The van der Waals surface area contributed by atoms with Gasteiger partial charge in [0, 0.05) is 18.3 Å². The summed E-state index contributed by atoms with van der Waals surface area (Å²) in [4.78, 5) is 0. The molecule has 1 aliphatic heterocycles. The predicted molar refractivity (Wildman–Crippen MR) is 77.4 cm³/mol. The molecule has 1 aromatic carbocycles. The minimum atomic E-state index is 0.498. The summed E-state index contributed by atoms with van der Waals surface area (Å²) in [5.41, 5.74) is 8.03. The molecule has 16 heavy (non-hydrogen) atoms. The lowest BCUT2D eigenvalue weighted by Crippen LogP contribution is -2.26. The third kappa shape index (κ3) is 2.95. The van der Waals surface area contributed by atoms with Gasteiger partial charge in [-0.2, -0.15) is 0 Å². The van der Waals surface area contributed by atoms with E-state index in [1.165, 1.54) is 24.8 Å². The van der Waals surface area contributed by atoms with Gasteiger partial charge >= 0.3 is 0 Å². The standard InChI is InChI=1S/C11H15N2PS2/c12-10-5-3-4-9(8-10)11-6-1-2-7-13(11)16-14-15/h3-5,8,11H,1-2,6-7,12H2/p+1. The van der Waals surface area contributed by atoms with Crippen LogP contribution < -0.4 is 5.73 Å². The molecule has 86 valence electrons.